The van der Waals surface area contributed by atoms with Gasteiger partial charge in [0.25, 0.3) is 0 Å². The van der Waals surface area contributed by atoms with Crippen LogP contribution in [0.25, 0.3) is 0 Å². The standard InChI is InChI=1S/C15H18BrFN2O3/c1-2-22-14(20)10-4-3-7-19(9-10)15(21)18-13-6-5-11(16)8-12(13)17/h5-6,8,10H,2-4,7,9H2,1H3,(H,18,21). The number of benzene rings is 1. The van der Waals surface area contributed by atoms with Gasteiger partial charge >= 0.3 is 12.0 Å². The lowest BCUT2D eigenvalue weighted by Crippen LogP contribution is -2.44. The van der Waals surface area contributed by atoms with Crippen LogP contribution in [0.3, 0.4) is 0 Å². The molecule has 1 aromatic carbocycles. The van der Waals surface area contributed by atoms with Gasteiger partial charge in [-0.3, -0.25) is 4.79 Å². The molecule has 0 spiro atoms. The van der Waals surface area contributed by atoms with Crippen molar-refractivity contribution in [3.8, 4) is 0 Å². The largest absolute Gasteiger partial charge is 0.466 e. The van der Waals surface area contributed by atoms with E-state index in [1.54, 1.807) is 13.0 Å². The average Bonchev–Trinajstić information content (AvgIpc) is 2.50. The maximum Gasteiger partial charge on any atom is 0.321 e. The van der Waals surface area contributed by atoms with Gasteiger partial charge in [-0.05, 0) is 38.0 Å². The van der Waals surface area contributed by atoms with Gasteiger partial charge in [-0.1, -0.05) is 15.9 Å². The minimum atomic E-state index is -0.512. The van der Waals surface area contributed by atoms with Crippen molar-refractivity contribution >= 4 is 33.6 Å². The number of ether oxygens (including phenoxy) is 1. The van der Waals surface area contributed by atoms with Crippen LogP contribution in [-0.4, -0.2) is 36.6 Å². The number of hydrogen-bond acceptors (Lipinski definition) is 3. The van der Waals surface area contributed by atoms with Gasteiger partial charge in [0, 0.05) is 17.6 Å². The fraction of sp³-hybridized carbons (Fsp3) is 0.467. The van der Waals surface area contributed by atoms with E-state index in [2.05, 4.69) is 21.2 Å². The third-order valence-electron chi connectivity index (χ3n) is 3.50. The number of amides is 2. The molecule has 1 saturated heterocycles. The molecule has 5 nitrogen and oxygen atoms in total. The number of nitrogens with zero attached hydrogens (tertiary/aromatic N) is 1. The molecule has 7 heteroatoms. The van der Waals surface area contributed by atoms with Gasteiger partial charge in [0.2, 0.25) is 0 Å². The second kappa shape index (κ2) is 7.58. The molecule has 2 rings (SSSR count). The number of esters is 1. The minimum absolute atomic E-state index is 0.117. The van der Waals surface area contributed by atoms with Crippen molar-refractivity contribution in [2.75, 3.05) is 25.0 Å². The smallest absolute Gasteiger partial charge is 0.321 e. The first-order valence-electron chi connectivity index (χ1n) is 7.19. The molecule has 1 atom stereocenters. The summed E-state index contributed by atoms with van der Waals surface area (Å²) in [6.07, 6.45) is 1.43. The summed E-state index contributed by atoms with van der Waals surface area (Å²) < 4.78 is 19.3. The molecule has 0 bridgehead atoms. The van der Waals surface area contributed by atoms with Crippen LogP contribution in [0.2, 0.25) is 0 Å². The molecule has 0 aromatic heterocycles. The van der Waals surface area contributed by atoms with Crippen molar-refractivity contribution in [3.05, 3.63) is 28.5 Å². The molecular formula is C15H18BrFN2O3. The topological polar surface area (TPSA) is 58.6 Å². The van der Waals surface area contributed by atoms with Crippen LogP contribution >= 0.6 is 15.9 Å². The van der Waals surface area contributed by atoms with Crippen molar-refractivity contribution in [1.82, 2.24) is 4.90 Å². The second-order valence-electron chi connectivity index (χ2n) is 5.09. The molecule has 22 heavy (non-hydrogen) atoms. The predicted octanol–water partition coefficient (Wildman–Crippen LogP) is 3.40. The average molecular weight is 373 g/mol. The van der Waals surface area contributed by atoms with Crippen LogP contribution < -0.4 is 5.32 Å². The van der Waals surface area contributed by atoms with Crippen LogP contribution in [-0.2, 0) is 9.53 Å². The van der Waals surface area contributed by atoms with Crippen LogP contribution in [0.1, 0.15) is 19.8 Å². The first-order valence-corrected chi connectivity index (χ1v) is 7.98. The van der Waals surface area contributed by atoms with E-state index in [4.69, 9.17) is 4.74 Å². The van der Waals surface area contributed by atoms with Crippen molar-refractivity contribution in [1.29, 1.82) is 0 Å². The molecule has 0 aliphatic carbocycles. The maximum absolute atomic E-state index is 13.7. The number of nitrogens with one attached hydrogen (secondary N) is 1. The highest BCUT2D eigenvalue weighted by molar-refractivity contribution is 9.10. The highest BCUT2D eigenvalue weighted by Crippen LogP contribution is 2.22. The molecule has 0 saturated carbocycles. The Morgan fingerprint density at radius 1 is 1.50 bits per heavy atom. The number of piperidine rings is 1. The summed E-state index contributed by atoms with van der Waals surface area (Å²) in [5, 5.41) is 2.54. The van der Waals surface area contributed by atoms with Crippen LogP contribution in [0, 0.1) is 11.7 Å². The lowest BCUT2D eigenvalue weighted by Gasteiger charge is -2.31. The minimum Gasteiger partial charge on any atom is -0.466 e. The Bertz CT molecular complexity index is 568. The molecule has 120 valence electrons. The van der Waals surface area contributed by atoms with Crippen molar-refractivity contribution in [2.45, 2.75) is 19.8 Å². The number of hydrogen-bond donors (Lipinski definition) is 1. The van der Waals surface area contributed by atoms with Gasteiger partial charge in [0.1, 0.15) is 5.82 Å². The molecule has 1 fully saturated rings. The second-order valence-corrected chi connectivity index (χ2v) is 6.01. The molecule has 1 heterocycles. The predicted molar refractivity (Wildman–Crippen MR) is 84.0 cm³/mol. The first kappa shape index (κ1) is 16.7. The highest BCUT2D eigenvalue weighted by atomic mass is 79.9. The number of rotatable bonds is 3. The molecule has 1 aliphatic rings. The lowest BCUT2D eigenvalue weighted by molar-refractivity contribution is -0.149. The Morgan fingerprint density at radius 2 is 2.27 bits per heavy atom. The number of urea groups is 1. The summed E-state index contributed by atoms with van der Waals surface area (Å²) in [5.74, 6) is -1.11. The van der Waals surface area contributed by atoms with E-state index in [1.807, 2.05) is 0 Å². The number of likely N-dealkylation sites (tertiary alicyclic amines) is 1. The van der Waals surface area contributed by atoms with E-state index in [9.17, 15) is 14.0 Å². The first-order chi connectivity index (χ1) is 10.5. The van der Waals surface area contributed by atoms with Crippen molar-refractivity contribution in [2.24, 2.45) is 5.92 Å². The van der Waals surface area contributed by atoms with E-state index in [-0.39, 0.29) is 17.6 Å². The number of halogens is 2. The van der Waals surface area contributed by atoms with Crippen molar-refractivity contribution < 1.29 is 18.7 Å². The van der Waals surface area contributed by atoms with E-state index < -0.39 is 11.8 Å². The molecule has 1 aliphatic heterocycles. The summed E-state index contributed by atoms with van der Waals surface area (Å²) in [4.78, 5) is 25.5. The van der Waals surface area contributed by atoms with Gasteiger partial charge in [-0.2, -0.15) is 0 Å². The molecule has 1 N–H and O–H groups in total. The van der Waals surface area contributed by atoms with Crippen LogP contribution in [0.15, 0.2) is 22.7 Å². The Balaban J connectivity index is 1.98. The number of carbonyl (C=O) groups is 2. The van der Waals surface area contributed by atoms with E-state index in [0.29, 0.717) is 30.6 Å². The Morgan fingerprint density at radius 3 is 2.95 bits per heavy atom. The fourth-order valence-corrected chi connectivity index (χ4v) is 2.73. The zero-order valence-electron chi connectivity index (χ0n) is 12.3. The van der Waals surface area contributed by atoms with Gasteiger partial charge in [-0.15, -0.1) is 0 Å². The van der Waals surface area contributed by atoms with E-state index in [0.717, 1.165) is 6.42 Å². The summed E-state index contributed by atoms with van der Waals surface area (Å²) in [7, 11) is 0. The normalized spacial score (nSPS) is 18.0. The van der Waals surface area contributed by atoms with Gasteiger partial charge < -0.3 is 15.0 Å². The lowest BCUT2D eigenvalue weighted by atomic mass is 9.98. The third kappa shape index (κ3) is 4.19. The SMILES string of the molecule is CCOC(=O)C1CCCN(C(=O)Nc2ccc(Br)cc2F)C1. The van der Waals surface area contributed by atoms with Gasteiger partial charge in [-0.25, -0.2) is 9.18 Å². The van der Waals surface area contributed by atoms with E-state index in [1.165, 1.54) is 17.0 Å². The van der Waals surface area contributed by atoms with Crippen molar-refractivity contribution in [3.63, 3.8) is 0 Å². The summed E-state index contributed by atoms with van der Waals surface area (Å²) in [5.41, 5.74) is 0.117. The molecule has 1 unspecified atom stereocenters. The third-order valence-corrected chi connectivity index (χ3v) is 3.99. The van der Waals surface area contributed by atoms with E-state index >= 15 is 0 Å². The molecule has 2 amide bonds. The Labute approximate surface area is 136 Å². The summed E-state index contributed by atoms with van der Waals surface area (Å²) in [6, 6.07) is 4.02. The van der Waals surface area contributed by atoms with Crippen LogP contribution in [0.5, 0.6) is 0 Å². The zero-order valence-corrected chi connectivity index (χ0v) is 13.9. The molecular weight excluding hydrogens is 355 g/mol. The zero-order chi connectivity index (χ0) is 16.1. The number of carbonyl (C=O) groups excluding carboxylic acids is 2. The fourth-order valence-electron chi connectivity index (χ4n) is 2.40. The van der Waals surface area contributed by atoms with Crippen LogP contribution in [0.4, 0.5) is 14.9 Å². The maximum atomic E-state index is 13.7. The van der Waals surface area contributed by atoms with Gasteiger partial charge in [0.15, 0.2) is 0 Å². The molecule has 1 aromatic rings. The Kier molecular flexibility index (Phi) is 5.76. The quantitative estimate of drug-likeness (QED) is 0.827. The van der Waals surface area contributed by atoms with Gasteiger partial charge in [0.05, 0.1) is 18.2 Å². The Hall–Kier alpha value is -1.63. The summed E-state index contributed by atoms with van der Waals surface area (Å²) in [6.45, 7) is 2.91. The summed E-state index contributed by atoms with van der Waals surface area (Å²) >= 11 is 3.16. The molecule has 0 radical (unpaired) electrons. The monoisotopic (exact) mass is 372 g/mol. The number of anilines is 1. The highest BCUT2D eigenvalue weighted by Gasteiger charge is 2.29.